The van der Waals surface area contributed by atoms with Gasteiger partial charge in [-0.2, -0.15) is 0 Å². The number of aromatic amines is 1. The van der Waals surface area contributed by atoms with Crippen molar-refractivity contribution in [3.05, 3.63) is 72.1 Å². The third-order valence-corrected chi connectivity index (χ3v) is 3.96. The molecule has 2 aromatic carbocycles. The number of H-pyrrole nitrogens is 1. The van der Waals surface area contributed by atoms with Crippen LogP contribution in [0.25, 0.3) is 33.4 Å². The molecule has 0 bridgehead atoms. The van der Waals surface area contributed by atoms with Crippen LogP contribution in [0, 0.1) is 0 Å². The van der Waals surface area contributed by atoms with Gasteiger partial charge in [-0.15, -0.1) is 0 Å². The van der Waals surface area contributed by atoms with Crippen molar-refractivity contribution in [3.8, 4) is 22.4 Å². The van der Waals surface area contributed by atoms with E-state index < -0.39 is 0 Å². The van der Waals surface area contributed by atoms with E-state index in [2.05, 4.69) is 39.2 Å². The highest BCUT2D eigenvalue weighted by atomic mass is 35.5. The summed E-state index contributed by atoms with van der Waals surface area (Å²) in [5.74, 6) is 0. The second-order valence-corrected chi connectivity index (χ2v) is 5.35. The van der Waals surface area contributed by atoms with Crippen LogP contribution in [0.5, 0.6) is 0 Å². The highest BCUT2D eigenvalue weighted by Crippen LogP contribution is 2.39. The van der Waals surface area contributed by atoms with Crippen molar-refractivity contribution in [2.45, 2.75) is 0 Å². The molecule has 0 amide bonds. The Morgan fingerprint density at radius 3 is 2.09 bits per heavy atom. The first kappa shape index (κ1) is 13.0. The molecule has 0 aliphatic carbocycles. The van der Waals surface area contributed by atoms with Crippen LogP contribution in [-0.2, 0) is 0 Å². The minimum Gasteiger partial charge on any atom is -0.339 e. The molecule has 2 heterocycles. The molecule has 0 saturated carbocycles. The van der Waals surface area contributed by atoms with Crippen molar-refractivity contribution in [2.24, 2.45) is 0 Å². The van der Waals surface area contributed by atoms with Crippen LogP contribution in [-0.4, -0.2) is 15.0 Å². The van der Waals surface area contributed by atoms with Crippen molar-refractivity contribution in [2.75, 3.05) is 0 Å². The normalized spacial score (nSPS) is 11.0. The zero-order valence-electron chi connectivity index (χ0n) is 11.6. The molecule has 22 heavy (non-hydrogen) atoms. The Kier molecular flexibility index (Phi) is 3.13. The number of nitrogens with zero attached hydrogens (tertiary/aromatic N) is 2. The second-order valence-electron chi connectivity index (χ2n) is 5.00. The van der Waals surface area contributed by atoms with E-state index in [-0.39, 0.29) is 0 Å². The third kappa shape index (κ3) is 2.07. The summed E-state index contributed by atoms with van der Waals surface area (Å²) in [6.07, 6.45) is 1.48. The van der Waals surface area contributed by atoms with Crippen LogP contribution in [0.2, 0.25) is 5.15 Å². The first-order valence-corrected chi connectivity index (χ1v) is 7.35. The zero-order valence-corrected chi connectivity index (χ0v) is 12.4. The van der Waals surface area contributed by atoms with Gasteiger partial charge in [0.1, 0.15) is 17.1 Å². The Bertz CT molecular complexity index is 931. The van der Waals surface area contributed by atoms with Crippen molar-refractivity contribution in [1.82, 2.24) is 15.0 Å². The Balaban J connectivity index is 2.11. The lowest BCUT2D eigenvalue weighted by molar-refractivity contribution is 1.20. The van der Waals surface area contributed by atoms with Gasteiger partial charge in [0.15, 0.2) is 0 Å². The molecule has 106 valence electrons. The van der Waals surface area contributed by atoms with Crippen LogP contribution in [0.3, 0.4) is 0 Å². The van der Waals surface area contributed by atoms with E-state index in [4.69, 9.17) is 11.6 Å². The monoisotopic (exact) mass is 305 g/mol. The molecule has 3 nitrogen and oxygen atoms in total. The Labute approximate surface area is 132 Å². The molecule has 0 spiro atoms. The van der Waals surface area contributed by atoms with Gasteiger partial charge in [-0.3, -0.25) is 0 Å². The average molecular weight is 306 g/mol. The molecule has 0 fully saturated rings. The van der Waals surface area contributed by atoms with Crippen LogP contribution in [0.15, 0.2) is 67.0 Å². The molecule has 4 heteroatoms. The van der Waals surface area contributed by atoms with Gasteiger partial charge in [0.2, 0.25) is 0 Å². The van der Waals surface area contributed by atoms with E-state index in [1.54, 1.807) is 0 Å². The molecule has 0 atom stereocenters. The summed E-state index contributed by atoms with van der Waals surface area (Å²) in [6, 6.07) is 20.3. The molecular formula is C18H12ClN3. The number of nitrogens with one attached hydrogen (secondary N) is 1. The van der Waals surface area contributed by atoms with Crippen LogP contribution >= 0.6 is 11.6 Å². The second kappa shape index (κ2) is 5.28. The molecule has 2 aromatic heterocycles. The first-order valence-electron chi connectivity index (χ1n) is 6.97. The summed E-state index contributed by atoms with van der Waals surface area (Å²) in [4.78, 5) is 11.8. The quantitative estimate of drug-likeness (QED) is 0.533. The fourth-order valence-corrected chi connectivity index (χ4v) is 2.93. The van der Waals surface area contributed by atoms with Gasteiger partial charge in [0, 0.05) is 5.56 Å². The van der Waals surface area contributed by atoms with Gasteiger partial charge in [-0.05, 0) is 11.1 Å². The summed E-state index contributed by atoms with van der Waals surface area (Å²) in [6.45, 7) is 0. The molecular weight excluding hydrogens is 294 g/mol. The predicted octanol–water partition coefficient (Wildman–Crippen LogP) is 4.95. The van der Waals surface area contributed by atoms with E-state index in [1.807, 2.05) is 36.4 Å². The lowest BCUT2D eigenvalue weighted by Crippen LogP contribution is -1.83. The van der Waals surface area contributed by atoms with Gasteiger partial charge < -0.3 is 4.98 Å². The van der Waals surface area contributed by atoms with Gasteiger partial charge in [0.25, 0.3) is 0 Å². The number of aromatic nitrogens is 3. The highest BCUT2D eigenvalue weighted by Gasteiger charge is 2.18. The van der Waals surface area contributed by atoms with E-state index in [1.165, 1.54) is 6.33 Å². The SMILES string of the molecule is Clc1ncnc2[nH]c(-c3ccccc3)c(-c3ccccc3)c12. The van der Waals surface area contributed by atoms with Crippen molar-refractivity contribution in [3.63, 3.8) is 0 Å². The number of benzene rings is 2. The topological polar surface area (TPSA) is 41.6 Å². The van der Waals surface area contributed by atoms with E-state index in [0.717, 1.165) is 33.4 Å². The minimum absolute atomic E-state index is 0.460. The molecule has 1 N–H and O–H groups in total. The van der Waals surface area contributed by atoms with Crippen LogP contribution < -0.4 is 0 Å². The summed E-state index contributed by atoms with van der Waals surface area (Å²) in [5, 5.41) is 1.32. The smallest absolute Gasteiger partial charge is 0.143 e. The molecule has 0 aliphatic heterocycles. The number of halogens is 1. The Hall–Kier alpha value is -2.65. The third-order valence-electron chi connectivity index (χ3n) is 3.67. The minimum atomic E-state index is 0.460. The molecule has 0 unspecified atom stereocenters. The summed E-state index contributed by atoms with van der Waals surface area (Å²) in [7, 11) is 0. The molecule has 0 saturated heterocycles. The van der Waals surface area contributed by atoms with Gasteiger partial charge in [-0.25, -0.2) is 9.97 Å². The van der Waals surface area contributed by atoms with E-state index >= 15 is 0 Å². The average Bonchev–Trinajstić information content (AvgIpc) is 2.97. The first-order chi connectivity index (χ1) is 10.8. The molecule has 4 aromatic rings. The number of hydrogen-bond acceptors (Lipinski definition) is 2. The van der Waals surface area contributed by atoms with Crippen LogP contribution in [0.4, 0.5) is 0 Å². The van der Waals surface area contributed by atoms with Gasteiger partial charge in [-0.1, -0.05) is 72.3 Å². The Morgan fingerprint density at radius 1 is 0.773 bits per heavy atom. The standard InChI is InChI=1S/C18H12ClN3/c19-17-15-14(12-7-3-1-4-8-12)16(13-9-5-2-6-10-13)22-18(15)21-11-20-17/h1-11H,(H,20,21,22). The zero-order chi connectivity index (χ0) is 14.9. The summed E-state index contributed by atoms with van der Waals surface area (Å²) >= 11 is 6.34. The maximum atomic E-state index is 6.34. The fraction of sp³-hybridized carbons (Fsp3) is 0. The van der Waals surface area contributed by atoms with E-state index in [9.17, 15) is 0 Å². The number of rotatable bonds is 2. The maximum absolute atomic E-state index is 6.34. The molecule has 0 radical (unpaired) electrons. The summed E-state index contributed by atoms with van der Waals surface area (Å²) < 4.78 is 0. The largest absolute Gasteiger partial charge is 0.339 e. The lowest BCUT2D eigenvalue weighted by atomic mass is 9.99. The van der Waals surface area contributed by atoms with Crippen LogP contribution in [0.1, 0.15) is 0 Å². The van der Waals surface area contributed by atoms with Crippen molar-refractivity contribution < 1.29 is 0 Å². The van der Waals surface area contributed by atoms with Crippen molar-refractivity contribution >= 4 is 22.6 Å². The molecule has 4 rings (SSSR count). The van der Waals surface area contributed by atoms with Gasteiger partial charge >= 0.3 is 0 Å². The fourth-order valence-electron chi connectivity index (χ4n) is 2.70. The van der Waals surface area contributed by atoms with Crippen molar-refractivity contribution in [1.29, 1.82) is 0 Å². The van der Waals surface area contributed by atoms with E-state index in [0.29, 0.717) is 5.15 Å². The number of hydrogen-bond donors (Lipinski definition) is 1. The highest BCUT2D eigenvalue weighted by molar-refractivity contribution is 6.35. The number of fused-ring (bicyclic) bond motifs is 1. The van der Waals surface area contributed by atoms with Gasteiger partial charge in [0.05, 0.1) is 11.1 Å². The Morgan fingerprint density at radius 2 is 1.41 bits per heavy atom. The molecule has 0 aliphatic rings. The predicted molar refractivity (Wildman–Crippen MR) is 89.8 cm³/mol. The lowest BCUT2D eigenvalue weighted by Gasteiger charge is -2.05. The summed E-state index contributed by atoms with van der Waals surface area (Å²) in [5.41, 5.74) is 4.97. The maximum Gasteiger partial charge on any atom is 0.143 e.